The maximum Gasteiger partial charge on any atom is 1.00 e. The molecule has 0 spiro atoms. The first-order valence-electron chi connectivity index (χ1n) is 3.68. The molecule has 0 heterocycles. The van der Waals surface area contributed by atoms with Crippen molar-refractivity contribution in [3.8, 4) is 0 Å². The van der Waals surface area contributed by atoms with E-state index in [1.54, 1.807) is 0 Å². The molecule has 1 rings (SSSR count). The van der Waals surface area contributed by atoms with Gasteiger partial charge in [0.15, 0.2) is 0 Å². The fourth-order valence-corrected chi connectivity index (χ4v) is 1.06. The van der Waals surface area contributed by atoms with Crippen molar-refractivity contribution in [3.05, 3.63) is 35.9 Å². The molecule has 0 amide bonds. The summed E-state index contributed by atoms with van der Waals surface area (Å²) in [6.07, 6.45) is 0. The van der Waals surface area contributed by atoms with Gasteiger partial charge in [0.05, 0.1) is 0 Å². The summed E-state index contributed by atoms with van der Waals surface area (Å²) in [6, 6.07) is 10.2. The molecule has 0 atom stereocenters. The Morgan fingerprint density at radius 2 is 1.92 bits per heavy atom. The first kappa shape index (κ1) is 13.5. The van der Waals surface area contributed by atoms with Gasteiger partial charge in [-0.1, -0.05) is 42.5 Å². The second-order valence-corrected chi connectivity index (χ2v) is 3.74. The Hall–Kier alpha value is 0.460. The zero-order valence-corrected chi connectivity index (χ0v) is 11.6. The van der Waals surface area contributed by atoms with Crippen molar-refractivity contribution < 1.29 is 29.6 Å². The normalized spacial score (nSPS) is 8.77. The Morgan fingerprint density at radius 3 is 2.38 bits per heavy atom. The monoisotopic (exact) mass is 220 g/mol. The van der Waals surface area contributed by atoms with Gasteiger partial charge >= 0.3 is 29.6 Å². The van der Waals surface area contributed by atoms with Crippen LogP contribution in [0.25, 0.3) is 0 Å². The number of hydrogen-bond donors (Lipinski definition) is 1. The van der Waals surface area contributed by atoms with Crippen LogP contribution in [0.15, 0.2) is 30.3 Å². The average Bonchev–Trinajstić information content (AvgIpc) is 2.06. The third-order valence-corrected chi connectivity index (χ3v) is 2.24. The van der Waals surface area contributed by atoms with Crippen molar-refractivity contribution in [2.75, 3.05) is 7.05 Å². The van der Waals surface area contributed by atoms with E-state index in [0.29, 0.717) is 4.32 Å². The summed E-state index contributed by atoms with van der Waals surface area (Å²) in [5, 5.41) is 0. The Morgan fingerprint density at radius 1 is 1.38 bits per heavy atom. The zero-order valence-electron chi connectivity index (χ0n) is 7.90. The molecule has 0 aliphatic heterocycles. The molecule has 4 heteroatoms. The van der Waals surface area contributed by atoms with E-state index in [2.05, 4.69) is 24.8 Å². The minimum absolute atomic E-state index is 0. The second-order valence-electron chi connectivity index (χ2n) is 2.62. The summed E-state index contributed by atoms with van der Waals surface area (Å²) in [7, 11) is 1.93. The summed E-state index contributed by atoms with van der Waals surface area (Å²) in [4.78, 5) is 1.92. The zero-order chi connectivity index (χ0) is 8.97. The van der Waals surface area contributed by atoms with Gasteiger partial charge in [0.25, 0.3) is 0 Å². The molecule has 1 aromatic rings. The molecule has 0 aliphatic carbocycles. The largest absolute Gasteiger partial charge is 1.00 e. The fraction of sp³-hybridized carbons (Fsp3) is 0.222. The second kappa shape index (κ2) is 6.85. The van der Waals surface area contributed by atoms with E-state index in [1.165, 1.54) is 5.56 Å². The molecule has 1 nitrogen and oxygen atoms in total. The molecular formula is C9H11NNaS2+. The number of benzene rings is 1. The molecule has 0 aliphatic rings. The van der Waals surface area contributed by atoms with Crippen LogP contribution in [0.3, 0.4) is 0 Å². The van der Waals surface area contributed by atoms with E-state index in [4.69, 9.17) is 12.2 Å². The van der Waals surface area contributed by atoms with Crippen molar-refractivity contribution in [1.29, 1.82) is 0 Å². The van der Waals surface area contributed by atoms with Crippen LogP contribution < -0.4 is 29.6 Å². The van der Waals surface area contributed by atoms with Crippen molar-refractivity contribution in [2.24, 2.45) is 0 Å². The van der Waals surface area contributed by atoms with Gasteiger partial charge in [-0.2, -0.15) is 0 Å². The Kier molecular flexibility index (Phi) is 7.09. The van der Waals surface area contributed by atoms with E-state index < -0.39 is 0 Å². The van der Waals surface area contributed by atoms with Crippen molar-refractivity contribution >= 4 is 29.2 Å². The van der Waals surface area contributed by atoms with E-state index in [1.807, 2.05) is 30.1 Å². The molecular weight excluding hydrogens is 209 g/mol. The van der Waals surface area contributed by atoms with Crippen molar-refractivity contribution in [2.45, 2.75) is 6.54 Å². The Bertz CT molecular complexity index is 264. The minimum Gasteiger partial charge on any atom is -0.356 e. The van der Waals surface area contributed by atoms with Crippen LogP contribution in [0.2, 0.25) is 0 Å². The van der Waals surface area contributed by atoms with E-state index in [-0.39, 0.29) is 29.6 Å². The molecule has 0 aromatic heterocycles. The Labute approximate surface area is 112 Å². The predicted molar refractivity (Wildman–Crippen MR) is 59.5 cm³/mol. The van der Waals surface area contributed by atoms with Crippen LogP contribution in [-0.2, 0) is 6.54 Å². The van der Waals surface area contributed by atoms with Gasteiger partial charge in [0, 0.05) is 13.6 Å². The van der Waals surface area contributed by atoms with Gasteiger partial charge in [0.1, 0.15) is 4.32 Å². The molecule has 0 unspecified atom stereocenters. The van der Waals surface area contributed by atoms with E-state index in [0.717, 1.165) is 6.54 Å². The quantitative estimate of drug-likeness (QED) is 0.400. The summed E-state index contributed by atoms with van der Waals surface area (Å²) >= 11 is 8.99. The number of hydrogen-bond acceptors (Lipinski definition) is 1. The van der Waals surface area contributed by atoms with Crippen LogP contribution in [0.5, 0.6) is 0 Å². The van der Waals surface area contributed by atoms with Crippen molar-refractivity contribution in [1.82, 2.24) is 4.90 Å². The number of rotatable bonds is 2. The number of thiocarbonyl (C=S) groups is 1. The van der Waals surface area contributed by atoms with Gasteiger partial charge in [-0.05, 0) is 5.56 Å². The van der Waals surface area contributed by atoms with Gasteiger partial charge < -0.3 is 4.90 Å². The molecule has 0 fully saturated rings. The van der Waals surface area contributed by atoms with Gasteiger partial charge in [-0.25, -0.2) is 0 Å². The predicted octanol–water partition coefficient (Wildman–Crippen LogP) is -0.663. The third-order valence-electron chi connectivity index (χ3n) is 1.59. The van der Waals surface area contributed by atoms with E-state index >= 15 is 0 Å². The maximum absolute atomic E-state index is 4.91. The summed E-state index contributed by atoms with van der Waals surface area (Å²) in [6.45, 7) is 0.823. The maximum atomic E-state index is 4.91. The van der Waals surface area contributed by atoms with Crippen LogP contribution in [-0.4, -0.2) is 16.3 Å². The topological polar surface area (TPSA) is 3.24 Å². The smallest absolute Gasteiger partial charge is 0.356 e. The molecule has 1 aromatic carbocycles. The molecule has 0 radical (unpaired) electrons. The van der Waals surface area contributed by atoms with E-state index in [9.17, 15) is 0 Å². The first-order valence-corrected chi connectivity index (χ1v) is 4.53. The van der Waals surface area contributed by atoms with Crippen LogP contribution >= 0.6 is 24.8 Å². The standard InChI is InChI=1S/C9H11NS2.Na/c1-10(9(11)12)7-8-5-3-2-4-6-8;/h2-6H,7H2,1H3,(H,11,12);/q;+1. The fourth-order valence-electron chi connectivity index (χ4n) is 0.925. The summed E-state index contributed by atoms with van der Waals surface area (Å²) < 4.78 is 0.624. The minimum atomic E-state index is 0. The molecule has 0 saturated carbocycles. The molecule has 0 bridgehead atoms. The summed E-state index contributed by atoms with van der Waals surface area (Å²) in [5.41, 5.74) is 1.25. The Balaban J connectivity index is 0.00000144. The van der Waals surface area contributed by atoms with Crippen LogP contribution in [0.1, 0.15) is 5.56 Å². The van der Waals surface area contributed by atoms with Crippen molar-refractivity contribution in [3.63, 3.8) is 0 Å². The first-order chi connectivity index (χ1) is 5.70. The summed E-state index contributed by atoms with van der Waals surface area (Å²) in [5.74, 6) is 0. The molecule has 64 valence electrons. The van der Waals surface area contributed by atoms with Gasteiger partial charge in [0.2, 0.25) is 0 Å². The number of nitrogens with zero attached hydrogens (tertiary/aromatic N) is 1. The molecule has 13 heavy (non-hydrogen) atoms. The average molecular weight is 220 g/mol. The third kappa shape index (κ3) is 5.03. The molecule has 0 N–H and O–H groups in total. The van der Waals surface area contributed by atoms with Crippen LogP contribution in [0.4, 0.5) is 0 Å². The van der Waals surface area contributed by atoms with Crippen LogP contribution in [0, 0.1) is 0 Å². The SMILES string of the molecule is CN(Cc1ccccc1)C(=S)S.[Na+]. The molecule has 0 saturated heterocycles. The van der Waals surface area contributed by atoms with Gasteiger partial charge in [-0.3, -0.25) is 0 Å². The van der Waals surface area contributed by atoms with Gasteiger partial charge in [-0.15, -0.1) is 12.6 Å². The number of thiol groups is 1.